The number of allylic oxidation sites excluding steroid dienone is 18. The van der Waals surface area contributed by atoms with Crippen molar-refractivity contribution < 1.29 is 64.6 Å². The fourth-order valence-electron chi connectivity index (χ4n) is 8.82. The number of amides is 1. The van der Waals surface area contributed by atoms with Gasteiger partial charge in [-0.2, -0.15) is 0 Å². The summed E-state index contributed by atoms with van der Waals surface area (Å²) in [7, 11) is 0. The van der Waals surface area contributed by atoms with Gasteiger partial charge in [0.2, 0.25) is 5.91 Å². The van der Waals surface area contributed by atoms with Crippen LogP contribution in [0.1, 0.15) is 181 Å². The minimum absolute atomic E-state index is 0.228. The number of carbonyl (C=O) groups excluding carboxylic acids is 1. The second-order valence-corrected chi connectivity index (χ2v) is 20.0. The number of ether oxygens (including phenoxy) is 4. The molecule has 0 aromatic rings. The standard InChI is InChI=1S/C62H103NO13/c1-3-5-7-8-9-10-11-12-13-14-15-16-17-18-19-20-21-22-23-24-25-26-27-28-29-30-31-32-33-34-35-36-37-38-39-40-41-42-44-46-54(67)63-50(51(66)45-43-6-4-2)49-73-61-59(72)57(70)60(53(48-65)75-61)76-62-58(71)56(69)55(68)52(47-64)74-62/h5,7,9-10,12-13,15-16,18-19,21-22,24-25,27-28,30-31,50-53,55-62,64-66,68-72H,3-4,6,8,11,14,17,20,23,26,29,32-49H2,1-2H3,(H,63,67)/b7-5-,10-9-,13-12-,16-15-,19-18-,22-21-,25-24-,28-27-,31-30-. The second-order valence-electron chi connectivity index (χ2n) is 20.0. The van der Waals surface area contributed by atoms with E-state index < -0.39 is 86.8 Å². The topological polar surface area (TPSA) is 228 Å². The highest BCUT2D eigenvalue weighted by Gasteiger charge is 2.51. The van der Waals surface area contributed by atoms with E-state index in [1.165, 1.54) is 44.9 Å². The average Bonchev–Trinajstić information content (AvgIpc) is 3.42. The summed E-state index contributed by atoms with van der Waals surface area (Å²) < 4.78 is 22.5. The van der Waals surface area contributed by atoms with Crippen LogP contribution in [0.15, 0.2) is 109 Å². The summed E-state index contributed by atoms with van der Waals surface area (Å²) in [5, 5.41) is 86.2. The molecule has 14 heteroatoms. The molecule has 0 aromatic carbocycles. The van der Waals surface area contributed by atoms with Crippen molar-refractivity contribution in [1.82, 2.24) is 5.32 Å². The van der Waals surface area contributed by atoms with Gasteiger partial charge in [-0.25, -0.2) is 0 Å². The Kier molecular flexibility index (Phi) is 42.1. The Morgan fingerprint density at radius 3 is 1.37 bits per heavy atom. The molecule has 0 aromatic heterocycles. The zero-order valence-electron chi connectivity index (χ0n) is 46.4. The van der Waals surface area contributed by atoms with Crippen molar-refractivity contribution in [2.45, 2.75) is 254 Å². The maximum atomic E-state index is 13.0. The highest BCUT2D eigenvalue weighted by Crippen LogP contribution is 2.30. The van der Waals surface area contributed by atoms with Gasteiger partial charge in [-0.1, -0.05) is 200 Å². The molecule has 2 aliphatic rings. The van der Waals surface area contributed by atoms with Crippen LogP contribution in [0.5, 0.6) is 0 Å². The van der Waals surface area contributed by atoms with Gasteiger partial charge < -0.3 is 65.1 Å². The molecule has 2 saturated heterocycles. The Hall–Kier alpha value is -3.35. The fraction of sp³-hybridized carbons (Fsp3) is 0.694. The largest absolute Gasteiger partial charge is 0.394 e. The van der Waals surface area contributed by atoms with Gasteiger partial charge in [-0.05, 0) is 83.5 Å². The average molecular weight is 1070 g/mol. The van der Waals surface area contributed by atoms with E-state index in [2.05, 4.69) is 122 Å². The Bertz CT molecular complexity index is 1690. The highest BCUT2D eigenvalue weighted by atomic mass is 16.7. The lowest BCUT2D eigenvalue weighted by atomic mass is 9.97. The van der Waals surface area contributed by atoms with Crippen LogP contribution < -0.4 is 5.32 Å². The summed E-state index contributed by atoms with van der Waals surface area (Å²) in [5.41, 5.74) is 0. The Morgan fingerprint density at radius 2 is 0.908 bits per heavy atom. The molecule has 0 spiro atoms. The molecule has 76 heavy (non-hydrogen) atoms. The van der Waals surface area contributed by atoms with Crippen molar-refractivity contribution in [2.75, 3.05) is 19.8 Å². The number of aliphatic hydroxyl groups is 8. The van der Waals surface area contributed by atoms with Gasteiger partial charge in [0, 0.05) is 6.42 Å². The van der Waals surface area contributed by atoms with Crippen molar-refractivity contribution in [1.29, 1.82) is 0 Å². The third-order valence-corrected chi connectivity index (χ3v) is 13.5. The van der Waals surface area contributed by atoms with Gasteiger partial charge in [0.15, 0.2) is 12.6 Å². The normalized spacial score (nSPS) is 25.7. The first-order valence-corrected chi connectivity index (χ1v) is 29.1. The summed E-state index contributed by atoms with van der Waals surface area (Å²) in [6.45, 7) is 2.53. The second kappa shape index (κ2) is 46.6. The monoisotopic (exact) mass is 1070 g/mol. The molecule has 12 unspecified atom stereocenters. The van der Waals surface area contributed by atoms with Crippen LogP contribution in [-0.4, -0.2) is 140 Å². The molecule has 2 heterocycles. The summed E-state index contributed by atoms with van der Waals surface area (Å²) >= 11 is 0. The van der Waals surface area contributed by atoms with E-state index in [1.807, 2.05) is 6.92 Å². The maximum absolute atomic E-state index is 13.0. The smallest absolute Gasteiger partial charge is 0.220 e. The van der Waals surface area contributed by atoms with E-state index in [-0.39, 0.29) is 12.5 Å². The molecule has 9 N–H and O–H groups in total. The van der Waals surface area contributed by atoms with Crippen LogP contribution in [0.3, 0.4) is 0 Å². The number of hydrogen-bond acceptors (Lipinski definition) is 13. The van der Waals surface area contributed by atoms with E-state index in [0.29, 0.717) is 19.3 Å². The van der Waals surface area contributed by atoms with Gasteiger partial charge >= 0.3 is 0 Å². The minimum Gasteiger partial charge on any atom is -0.394 e. The minimum atomic E-state index is -1.78. The zero-order chi connectivity index (χ0) is 55.3. The van der Waals surface area contributed by atoms with Crippen LogP contribution in [0, 0.1) is 0 Å². The van der Waals surface area contributed by atoms with E-state index >= 15 is 0 Å². The molecule has 1 amide bonds. The predicted octanol–water partition coefficient (Wildman–Crippen LogP) is 9.66. The van der Waals surface area contributed by atoms with E-state index in [4.69, 9.17) is 18.9 Å². The molecule has 0 saturated carbocycles. The van der Waals surface area contributed by atoms with Gasteiger partial charge in [0.25, 0.3) is 0 Å². The number of unbranched alkanes of at least 4 members (excludes halogenated alkanes) is 13. The Labute approximate surface area is 457 Å². The van der Waals surface area contributed by atoms with Crippen molar-refractivity contribution >= 4 is 5.91 Å². The Morgan fingerprint density at radius 1 is 0.487 bits per heavy atom. The van der Waals surface area contributed by atoms with Gasteiger partial charge in [0.1, 0.15) is 48.8 Å². The number of carbonyl (C=O) groups is 1. The van der Waals surface area contributed by atoms with E-state index in [0.717, 1.165) is 103 Å². The molecule has 12 atom stereocenters. The number of hydrogen-bond donors (Lipinski definition) is 9. The lowest BCUT2D eigenvalue weighted by Crippen LogP contribution is -2.65. The van der Waals surface area contributed by atoms with Crippen molar-refractivity contribution in [2.24, 2.45) is 0 Å². The number of rotatable bonds is 44. The quantitative estimate of drug-likeness (QED) is 0.0205. The van der Waals surface area contributed by atoms with Crippen molar-refractivity contribution in [3.8, 4) is 0 Å². The third-order valence-electron chi connectivity index (χ3n) is 13.5. The van der Waals surface area contributed by atoms with Gasteiger partial charge in [-0.15, -0.1) is 0 Å². The Balaban J connectivity index is 1.50. The van der Waals surface area contributed by atoms with Gasteiger partial charge in [0.05, 0.1) is 32.0 Å². The first kappa shape index (κ1) is 68.8. The number of aliphatic hydroxyl groups excluding tert-OH is 8. The molecular weight excluding hydrogens is 967 g/mol. The predicted molar refractivity (Wildman–Crippen MR) is 304 cm³/mol. The lowest BCUT2D eigenvalue weighted by Gasteiger charge is -2.46. The highest BCUT2D eigenvalue weighted by molar-refractivity contribution is 5.76. The molecule has 2 rings (SSSR count). The molecule has 0 bridgehead atoms. The van der Waals surface area contributed by atoms with E-state index in [9.17, 15) is 45.6 Å². The van der Waals surface area contributed by atoms with Crippen LogP contribution >= 0.6 is 0 Å². The molecule has 2 aliphatic heterocycles. The fourth-order valence-corrected chi connectivity index (χ4v) is 8.82. The lowest BCUT2D eigenvalue weighted by molar-refractivity contribution is -0.359. The van der Waals surface area contributed by atoms with E-state index in [1.54, 1.807) is 0 Å². The van der Waals surface area contributed by atoms with Crippen molar-refractivity contribution in [3.63, 3.8) is 0 Å². The van der Waals surface area contributed by atoms with Crippen LogP contribution in [0.25, 0.3) is 0 Å². The molecule has 14 nitrogen and oxygen atoms in total. The maximum Gasteiger partial charge on any atom is 0.220 e. The third kappa shape index (κ3) is 31.9. The molecule has 0 aliphatic carbocycles. The molecule has 0 radical (unpaired) electrons. The molecular formula is C62H103NO13. The van der Waals surface area contributed by atoms with Crippen LogP contribution in [-0.2, 0) is 23.7 Å². The summed E-state index contributed by atoms with van der Waals surface area (Å²) in [4.78, 5) is 13.0. The molecule has 2 fully saturated rings. The summed E-state index contributed by atoms with van der Waals surface area (Å²) in [6.07, 6.45) is 49.4. The first-order valence-electron chi connectivity index (χ1n) is 29.1. The summed E-state index contributed by atoms with van der Waals surface area (Å²) in [6, 6.07) is -0.832. The van der Waals surface area contributed by atoms with Crippen LogP contribution in [0.2, 0.25) is 0 Å². The summed E-state index contributed by atoms with van der Waals surface area (Å²) in [5.74, 6) is -0.228. The SMILES string of the molecule is CC/C=C\C/C=C\C/C=C\C/C=C\C/C=C\C/C=C\C/C=C\C/C=C\C/C=C\CCCCCCCCCCCCCC(=O)NC(COC1OC(CO)C(OC2OC(CO)C(O)C(O)C2O)C(O)C1O)C(O)CCCCC. The van der Waals surface area contributed by atoms with Gasteiger partial charge in [-0.3, -0.25) is 4.79 Å². The molecule has 434 valence electrons. The first-order chi connectivity index (χ1) is 37.1. The number of nitrogens with one attached hydrogen (secondary N) is 1. The van der Waals surface area contributed by atoms with Crippen molar-refractivity contribution in [3.05, 3.63) is 109 Å². The van der Waals surface area contributed by atoms with Crippen LogP contribution in [0.4, 0.5) is 0 Å². The zero-order valence-corrected chi connectivity index (χ0v) is 46.4.